The predicted octanol–water partition coefficient (Wildman–Crippen LogP) is 2.66. The van der Waals surface area contributed by atoms with E-state index in [0.29, 0.717) is 6.54 Å². The average molecular weight is 290 g/mol. The molecule has 1 N–H and O–H groups in total. The van der Waals surface area contributed by atoms with Crippen LogP contribution in [0.25, 0.3) is 0 Å². The first-order valence-electron chi connectivity index (χ1n) is 7.60. The van der Waals surface area contributed by atoms with Crippen LogP contribution in [-0.4, -0.2) is 42.6 Å². The molecule has 1 saturated heterocycles. The number of carbonyl (C=O) groups excluding carboxylic acids is 1. The van der Waals surface area contributed by atoms with E-state index in [1.807, 2.05) is 13.8 Å². The first-order chi connectivity index (χ1) is 9.85. The summed E-state index contributed by atoms with van der Waals surface area (Å²) in [5.41, 5.74) is 4.40. The van der Waals surface area contributed by atoms with Gasteiger partial charge in [0, 0.05) is 18.8 Å². The minimum Gasteiger partial charge on any atom is -0.373 e. The highest BCUT2D eigenvalue weighted by atomic mass is 16.5. The summed E-state index contributed by atoms with van der Waals surface area (Å²) in [6.07, 6.45) is 0.369. The van der Waals surface area contributed by atoms with Crippen molar-refractivity contribution in [3.05, 3.63) is 28.8 Å². The molecule has 1 aromatic rings. The van der Waals surface area contributed by atoms with Crippen molar-refractivity contribution in [3.8, 4) is 0 Å². The van der Waals surface area contributed by atoms with Crippen molar-refractivity contribution in [2.45, 2.75) is 46.8 Å². The van der Waals surface area contributed by atoms with Gasteiger partial charge in [-0.2, -0.15) is 0 Å². The first-order valence-corrected chi connectivity index (χ1v) is 7.60. The highest BCUT2D eigenvalue weighted by Gasteiger charge is 2.23. The van der Waals surface area contributed by atoms with Crippen molar-refractivity contribution in [2.24, 2.45) is 0 Å². The molecule has 0 saturated carbocycles. The minimum atomic E-state index is 0.0475. The molecular formula is C17H26N2O2. The fourth-order valence-corrected chi connectivity index (χ4v) is 3.17. The number of ether oxygens (including phenoxy) is 1. The Morgan fingerprint density at radius 3 is 2.24 bits per heavy atom. The van der Waals surface area contributed by atoms with Gasteiger partial charge in [0.15, 0.2) is 0 Å². The summed E-state index contributed by atoms with van der Waals surface area (Å²) in [6, 6.07) is 4.20. The molecule has 21 heavy (non-hydrogen) atoms. The fraction of sp³-hybridized carbons (Fsp3) is 0.588. The minimum absolute atomic E-state index is 0.0475. The number of benzene rings is 1. The molecule has 1 heterocycles. The number of anilines is 1. The van der Waals surface area contributed by atoms with E-state index in [-0.39, 0.29) is 18.1 Å². The largest absolute Gasteiger partial charge is 0.373 e. The van der Waals surface area contributed by atoms with E-state index in [9.17, 15) is 4.79 Å². The monoisotopic (exact) mass is 290 g/mol. The zero-order chi connectivity index (χ0) is 15.6. The summed E-state index contributed by atoms with van der Waals surface area (Å²) in [5.74, 6) is 0.0475. The van der Waals surface area contributed by atoms with Gasteiger partial charge in [0.1, 0.15) is 0 Å². The van der Waals surface area contributed by atoms with Crippen LogP contribution < -0.4 is 5.32 Å². The molecule has 1 amide bonds. The molecule has 0 radical (unpaired) electrons. The second-order valence-electron chi connectivity index (χ2n) is 6.27. The lowest BCUT2D eigenvalue weighted by atomic mass is 10.1. The molecule has 116 valence electrons. The molecule has 1 fully saturated rings. The van der Waals surface area contributed by atoms with Crippen molar-refractivity contribution >= 4 is 11.6 Å². The number of nitrogens with zero attached hydrogens (tertiary/aromatic N) is 1. The maximum absolute atomic E-state index is 12.3. The van der Waals surface area contributed by atoms with Gasteiger partial charge < -0.3 is 10.1 Å². The molecule has 2 atom stereocenters. The number of carbonyl (C=O) groups is 1. The lowest BCUT2D eigenvalue weighted by molar-refractivity contribution is -0.121. The first kappa shape index (κ1) is 16.0. The molecule has 0 bridgehead atoms. The molecule has 0 unspecified atom stereocenters. The Kier molecular flexibility index (Phi) is 5.01. The van der Waals surface area contributed by atoms with E-state index in [0.717, 1.165) is 29.9 Å². The second-order valence-corrected chi connectivity index (χ2v) is 6.27. The summed E-state index contributed by atoms with van der Waals surface area (Å²) in [7, 11) is 0. The van der Waals surface area contributed by atoms with Crippen LogP contribution in [0.3, 0.4) is 0 Å². The van der Waals surface area contributed by atoms with Crippen LogP contribution >= 0.6 is 0 Å². The van der Waals surface area contributed by atoms with Gasteiger partial charge in [0.2, 0.25) is 5.91 Å². The van der Waals surface area contributed by atoms with Gasteiger partial charge in [-0.1, -0.05) is 17.7 Å². The fourth-order valence-electron chi connectivity index (χ4n) is 3.17. The molecule has 0 aromatic heterocycles. The zero-order valence-electron chi connectivity index (χ0n) is 13.7. The molecule has 1 aliphatic rings. The van der Waals surface area contributed by atoms with Gasteiger partial charge in [-0.15, -0.1) is 0 Å². The molecule has 0 spiro atoms. The van der Waals surface area contributed by atoms with Gasteiger partial charge in [0.25, 0.3) is 0 Å². The Balaban J connectivity index is 1.99. The highest BCUT2D eigenvalue weighted by Crippen LogP contribution is 2.22. The van der Waals surface area contributed by atoms with Gasteiger partial charge in [-0.3, -0.25) is 9.69 Å². The zero-order valence-corrected chi connectivity index (χ0v) is 13.7. The third-order valence-electron chi connectivity index (χ3n) is 3.80. The molecule has 4 heteroatoms. The Morgan fingerprint density at radius 2 is 1.71 bits per heavy atom. The lowest BCUT2D eigenvalue weighted by Gasteiger charge is -2.34. The van der Waals surface area contributed by atoms with Gasteiger partial charge >= 0.3 is 0 Å². The summed E-state index contributed by atoms with van der Waals surface area (Å²) in [4.78, 5) is 14.4. The maximum Gasteiger partial charge on any atom is 0.238 e. The summed E-state index contributed by atoms with van der Waals surface area (Å²) >= 11 is 0. The van der Waals surface area contributed by atoms with Gasteiger partial charge in [-0.25, -0.2) is 0 Å². The highest BCUT2D eigenvalue weighted by molar-refractivity contribution is 5.93. The standard InChI is InChI=1S/C17H26N2O2/c1-11-6-12(2)17(13(3)7-11)18-16(20)10-19-8-14(4)21-15(5)9-19/h6-7,14-15H,8-10H2,1-5H3,(H,18,20)/t14-,15-/m1/s1. The molecule has 0 aliphatic carbocycles. The molecule has 1 aromatic carbocycles. The molecule has 2 rings (SSSR count). The summed E-state index contributed by atoms with van der Waals surface area (Å²) < 4.78 is 5.69. The van der Waals surface area contributed by atoms with E-state index < -0.39 is 0 Å². The third-order valence-corrected chi connectivity index (χ3v) is 3.80. The Labute approximate surface area is 127 Å². The van der Waals surface area contributed by atoms with Crippen LogP contribution in [0, 0.1) is 20.8 Å². The van der Waals surface area contributed by atoms with E-state index in [1.165, 1.54) is 5.56 Å². The van der Waals surface area contributed by atoms with Crippen molar-refractivity contribution in [2.75, 3.05) is 25.0 Å². The van der Waals surface area contributed by atoms with Crippen LogP contribution in [0.1, 0.15) is 30.5 Å². The summed E-state index contributed by atoms with van der Waals surface area (Å²) in [5, 5.41) is 3.06. The smallest absolute Gasteiger partial charge is 0.238 e. The Hall–Kier alpha value is -1.39. The van der Waals surface area contributed by atoms with Gasteiger partial charge in [-0.05, 0) is 45.7 Å². The predicted molar refractivity (Wildman–Crippen MR) is 85.7 cm³/mol. The average Bonchev–Trinajstić information content (AvgIpc) is 2.32. The Bertz CT molecular complexity index is 495. The van der Waals surface area contributed by atoms with Crippen molar-refractivity contribution < 1.29 is 9.53 Å². The maximum atomic E-state index is 12.3. The number of aryl methyl sites for hydroxylation is 3. The number of amides is 1. The molecule has 1 aliphatic heterocycles. The van der Waals surface area contributed by atoms with Crippen LogP contribution in [0.15, 0.2) is 12.1 Å². The van der Waals surface area contributed by atoms with E-state index in [2.05, 4.69) is 43.1 Å². The molecule has 4 nitrogen and oxygen atoms in total. The number of morpholine rings is 1. The SMILES string of the molecule is Cc1cc(C)c(NC(=O)CN2C[C@@H](C)O[C@H](C)C2)c(C)c1. The van der Waals surface area contributed by atoms with Crippen LogP contribution in [-0.2, 0) is 9.53 Å². The van der Waals surface area contributed by atoms with E-state index >= 15 is 0 Å². The number of nitrogens with one attached hydrogen (secondary N) is 1. The van der Waals surface area contributed by atoms with Crippen LogP contribution in [0.2, 0.25) is 0 Å². The van der Waals surface area contributed by atoms with Crippen molar-refractivity contribution in [3.63, 3.8) is 0 Å². The Morgan fingerprint density at radius 1 is 1.19 bits per heavy atom. The van der Waals surface area contributed by atoms with Crippen molar-refractivity contribution in [1.29, 1.82) is 0 Å². The third kappa shape index (κ3) is 4.29. The normalized spacial score (nSPS) is 23.1. The number of rotatable bonds is 3. The summed E-state index contributed by atoms with van der Waals surface area (Å²) in [6.45, 7) is 12.3. The lowest BCUT2D eigenvalue weighted by Crippen LogP contribution is -2.48. The number of hydrogen-bond acceptors (Lipinski definition) is 3. The topological polar surface area (TPSA) is 41.6 Å². The van der Waals surface area contributed by atoms with Gasteiger partial charge in [0.05, 0.1) is 18.8 Å². The molecular weight excluding hydrogens is 264 g/mol. The van der Waals surface area contributed by atoms with Crippen molar-refractivity contribution in [1.82, 2.24) is 4.90 Å². The van der Waals surface area contributed by atoms with Crippen LogP contribution in [0.5, 0.6) is 0 Å². The van der Waals surface area contributed by atoms with E-state index in [4.69, 9.17) is 4.74 Å². The quantitative estimate of drug-likeness (QED) is 0.930. The number of hydrogen-bond donors (Lipinski definition) is 1. The van der Waals surface area contributed by atoms with Crippen LogP contribution in [0.4, 0.5) is 5.69 Å². The second kappa shape index (κ2) is 6.58. The van der Waals surface area contributed by atoms with E-state index in [1.54, 1.807) is 0 Å².